The van der Waals surface area contributed by atoms with Gasteiger partial charge in [-0.3, -0.25) is 4.79 Å². The molecule has 0 unspecified atom stereocenters. The van der Waals surface area contributed by atoms with Crippen LogP contribution in [-0.4, -0.2) is 65.0 Å². The van der Waals surface area contributed by atoms with E-state index in [-0.39, 0.29) is 5.91 Å². The van der Waals surface area contributed by atoms with E-state index in [1.807, 2.05) is 66.4 Å². The normalized spacial score (nSPS) is 13.6. The number of ether oxygens (including phenoxy) is 1. The molecule has 9 heteroatoms. The lowest BCUT2D eigenvalue weighted by Crippen LogP contribution is -2.49. The molecule has 1 aliphatic rings. The molecule has 1 saturated heterocycles. The van der Waals surface area contributed by atoms with Gasteiger partial charge in [-0.15, -0.1) is 21.5 Å². The van der Waals surface area contributed by atoms with Crippen LogP contribution < -0.4 is 9.64 Å². The van der Waals surface area contributed by atoms with Gasteiger partial charge >= 0.3 is 0 Å². The van der Waals surface area contributed by atoms with Crippen molar-refractivity contribution in [2.75, 3.05) is 43.9 Å². The van der Waals surface area contributed by atoms with Crippen LogP contribution in [0.25, 0.3) is 21.1 Å². The minimum atomic E-state index is 0.139. The van der Waals surface area contributed by atoms with Crippen LogP contribution in [0.4, 0.5) is 5.69 Å². The molecule has 0 atom stereocenters. The Morgan fingerprint density at radius 1 is 1.00 bits per heavy atom. The van der Waals surface area contributed by atoms with E-state index in [9.17, 15) is 4.79 Å². The second-order valence-corrected chi connectivity index (χ2v) is 10.4. The summed E-state index contributed by atoms with van der Waals surface area (Å²) in [6.45, 7) is 5.15. The number of piperazine rings is 1. The molecule has 0 aliphatic carbocycles. The van der Waals surface area contributed by atoms with Crippen LogP contribution >= 0.6 is 23.1 Å². The highest BCUT2D eigenvalue weighted by atomic mass is 32.2. The topological polar surface area (TPSA) is 71.5 Å². The standard InChI is InChI=1S/C27H27N5O2S2/c1-19-26(36-27(28-19)20-7-6-10-22(17-20)34-2)23-11-12-24(30-29-23)35-18-25(33)32-15-13-31(14-16-32)21-8-4-3-5-9-21/h3-12,17H,13-16,18H2,1-2H3. The first-order valence-corrected chi connectivity index (χ1v) is 13.6. The number of rotatable bonds is 7. The fourth-order valence-corrected chi connectivity index (χ4v) is 5.86. The Labute approximate surface area is 219 Å². The van der Waals surface area contributed by atoms with Gasteiger partial charge in [-0.25, -0.2) is 4.98 Å². The van der Waals surface area contributed by atoms with Crippen molar-refractivity contribution >= 4 is 34.7 Å². The molecular weight excluding hydrogens is 490 g/mol. The number of nitrogens with zero attached hydrogens (tertiary/aromatic N) is 5. The second-order valence-electron chi connectivity index (χ2n) is 8.41. The molecule has 1 amide bonds. The number of carbonyl (C=O) groups is 1. The van der Waals surface area contributed by atoms with Crippen molar-refractivity contribution < 1.29 is 9.53 Å². The first kappa shape index (κ1) is 24.3. The number of benzene rings is 2. The van der Waals surface area contributed by atoms with E-state index in [0.717, 1.165) is 63.8 Å². The lowest BCUT2D eigenvalue weighted by molar-refractivity contribution is -0.128. The predicted octanol–water partition coefficient (Wildman–Crippen LogP) is 5.03. The minimum Gasteiger partial charge on any atom is -0.497 e. The Morgan fingerprint density at radius 2 is 1.81 bits per heavy atom. The molecule has 2 aromatic carbocycles. The van der Waals surface area contributed by atoms with Gasteiger partial charge < -0.3 is 14.5 Å². The van der Waals surface area contributed by atoms with Crippen molar-refractivity contribution in [1.29, 1.82) is 0 Å². The summed E-state index contributed by atoms with van der Waals surface area (Å²) in [5.74, 6) is 1.30. The number of thioether (sulfide) groups is 1. The van der Waals surface area contributed by atoms with Crippen molar-refractivity contribution in [1.82, 2.24) is 20.1 Å². The summed E-state index contributed by atoms with van der Waals surface area (Å²) in [4.78, 5) is 22.7. The molecule has 2 aromatic heterocycles. The van der Waals surface area contributed by atoms with Gasteiger partial charge in [0.2, 0.25) is 5.91 Å². The molecule has 0 N–H and O–H groups in total. The summed E-state index contributed by atoms with van der Waals surface area (Å²) in [7, 11) is 1.66. The summed E-state index contributed by atoms with van der Waals surface area (Å²) in [5.41, 5.74) is 3.92. The van der Waals surface area contributed by atoms with Gasteiger partial charge in [0.15, 0.2) is 0 Å². The zero-order chi connectivity index (χ0) is 24.9. The fourth-order valence-electron chi connectivity index (χ4n) is 4.11. The number of hydrogen-bond acceptors (Lipinski definition) is 8. The molecule has 0 radical (unpaired) electrons. The Morgan fingerprint density at radius 3 is 2.53 bits per heavy atom. The zero-order valence-corrected chi connectivity index (χ0v) is 21.9. The third-order valence-electron chi connectivity index (χ3n) is 6.08. The van der Waals surface area contributed by atoms with Crippen LogP contribution in [-0.2, 0) is 4.79 Å². The van der Waals surface area contributed by atoms with Gasteiger partial charge in [0.05, 0.1) is 23.4 Å². The van der Waals surface area contributed by atoms with E-state index >= 15 is 0 Å². The molecule has 7 nitrogen and oxygen atoms in total. The molecule has 0 saturated carbocycles. The number of anilines is 1. The molecule has 36 heavy (non-hydrogen) atoms. The summed E-state index contributed by atoms with van der Waals surface area (Å²) < 4.78 is 5.34. The highest BCUT2D eigenvalue weighted by molar-refractivity contribution is 7.99. The Hall–Kier alpha value is -3.43. The van der Waals surface area contributed by atoms with E-state index in [4.69, 9.17) is 9.72 Å². The quantitative estimate of drug-likeness (QED) is 0.319. The summed E-state index contributed by atoms with van der Waals surface area (Å²) >= 11 is 3.01. The number of amides is 1. The van der Waals surface area contributed by atoms with E-state index in [1.54, 1.807) is 18.4 Å². The van der Waals surface area contributed by atoms with Crippen LogP contribution in [0.3, 0.4) is 0 Å². The van der Waals surface area contributed by atoms with Gasteiger partial charge in [-0.05, 0) is 43.3 Å². The molecule has 0 bridgehead atoms. The van der Waals surface area contributed by atoms with Gasteiger partial charge in [-0.2, -0.15) is 0 Å². The molecule has 1 aliphatic heterocycles. The highest BCUT2D eigenvalue weighted by Crippen LogP contribution is 2.35. The van der Waals surface area contributed by atoms with Crippen LogP contribution in [0, 0.1) is 6.92 Å². The lowest BCUT2D eigenvalue weighted by atomic mass is 10.2. The maximum absolute atomic E-state index is 12.8. The number of thiazole rings is 1. The number of hydrogen-bond donors (Lipinski definition) is 0. The number of carbonyl (C=O) groups excluding carboxylic acids is 1. The summed E-state index contributed by atoms with van der Waals surface area (Å²) in [6.07, 6.45) is 0. The van der Waals surface area contributed by atoms with E-state index in [0.29, 0.717) is 5.75 Å². The zero-order valence-electron chi connectivity index (χ0n) is 20.3. The van der Waals surface area contributed by atoms with E-state index in [2.05, 4.69) is 27.2 Å². The molecule has 0 spiro atoms. The Bertz CT molecular complexity index is 1320. The number of methoxy groups -OCH3 is 1. The first-order valence-electron chi connectivity index (χ1n) is 11.8. The van der Waals surface area contributed by atoms with E-state index < -0.39 is 0 Å². The molecule has 1 fully saturated rings. The molecule has 3 heterocycles. The molecular formula is C27H27N5O2S2. The van der Waals surface area contributed by atoms with Crippen molar-refractivity contribution in [3.63, 3.8) is 0 Å². The van der Waals surface area contributed by atoms with Crippen LogP contribution in [0.1, 0.15) is 5.69 Å². The fraction of sp³-hybridized carbons (Fsp3) is 0.259. The average Bonchev–Trinajstić information content (AvgIpc) is 3.34. The van der Waals surface area contributed by atoms with Crippen LogP contribution in [0.5, 0.6) is 5.75 Å². The SMILES string of the molecule is COc1cccc(-c2nc(C)c(-c3ccc(SCC(=O)N4CCN(c5ccccc5)CC4)nn3)s2)c1. The van der Waals surface area contributed by atoms with Gasteiger partial charge in [-0.1, -0.05) is 42.1 Å². The molecule has 4 aromatic rings. The van der Waals surface area contributed by atoms with Crippen molar-refractivity contribution in [2.45, 2.75) is 11.9 Å². The largest absolute Gasteiger partial charge is 0.497 e. The number of aryl methyl sites for hydroxylation is 1. The molecule has 5 rings (SSSR count). The van der Waals surface area contributed by atoms with Crippen molar-refractivity contribution in [2.24, 2.45) is 0 Å². The van der Waals surface area contributed by atoms with Gasteiger partial charge in [0.1, 0.15) is 21.5 Å². The maximum Gasteiger partial charge on any atom is 0.233 e. The number of para-hydroxylation sites is 1. The smallest absolute Gasteiger partial charge is 0.233 e. The molecule has 184 valence electrons. The number of aromatic nitrogens is 3. The third-order valence-corrected chi connectivity index (χ3v) is 8.22. The average molecular weight is 518 g/mol. The highest BCUT2D eigenvalue weighted by Gasteiger charge is 2.21. The minimum absolute atomic E-state index is 0.139. The monoisotopic (exact) mass is 517 g/mol. The third kappa shape index (κ3) is 5.52. The van der Waals surface area contributed by atoms with Gasteiger partial charge in [0, 0.05) is 37.4 Å². The first-order chi connectivity index (χ1) is 17.6. The van der Waals surface area contributed by atoms with E-state index in [1.165, 1.54) is 17.4 Å². The maximum atomic E-state index is 12.8. The van der Waals surface area contributed by atoms with Gasteiger partial charge in [0.25, 0.3) is 0 Å². The van der Waals surface area contributed by atoms with Crippen molar-refractivity contribution in [3.05, 3.63) is 72.4 Å². The predicted molar refractivity (Wildman–Crippen MR) is 146 cm³/mol. The Balaban J connectivity index is 1.17. The lowest BCUT2D eigenvalue weighted by Gasteiger charge is -2.36. The second kappa shape index (κ2) is 11.1. The van der Waals surface area contributed by atoms with Crippen LogP contribution in [0.2, 0.25) is 0 Å². The van der Waals surface area contributed by atoms with Crippen LogP contribution in [0.15, 0.2) is 71.8 Å². The summed E-state index contributed by atoms with van der Waals surface area (Å²) in [5, 5.41) is 10.5. The summed E-state index contributed by atoms with van der Waals surface area (Å²) in [6, 6.07) is 22.1. The Kier molecular flexibility index (Phi) is 7.48. The van der Waals surface area contributed by atoms with Crippen molar-refractivity contribution in [3.8, 4) is 26.9 Å².